The molecule has 0 radical (unpaired) electrons. The first-order valence-electron chi connectivity index (χ1n) is 26.5. The van der Waals surface area contributed by atoms with E-state index in [4.69, 9.17) is 19.2 Å². The summed E-state index contributed by atoms with van der Waals surface area (Å²) in [4.78, 5) is 20.6. The highest BCUT2D eigenvalue weighted by molar-refractivity contribution is 7.18. The van der Waals surface area contributed by atoms with Crippen molar-refractivity contribution in [3.05, 3.63) is 248 Å². The van der Waals surface area contributed by atoms with Gasteiger partial charge < -0.3 is 14.2 Å². The summed E-state index contributed by atoms with van der Waals surface area (Å²) in [5.41, 5.74) is 18.5. The van der Waals surface area contributed by atoms with E-state index in [2.05, 4.69) is 174 Å². The molecule has 0 unspecified atom stereocenters. The molecule has 17 rings (SSSR count). The molecule has 0 atom stereocenters. The second-order valence-corrected chi connectivity index (χ2v) is 21.0. The standard InChI is InChI=1S/C30H20N2OS.C20H14N2O.C19H13N3O/c1-19-31-24-8-5-9-26-30(24)32(19)25-15-14-23(18-27(25)33-26)20-10-12-22(13-11-20)29-17-16-28(34-29)21-6-3-2-4-7-21;1-13-21-16-8-5-9-18-20(16)22(13)17-11-10-15(12-19(17)23-18)14-6-3-2-4-7-14;1-12-21-15-3-2-4-17-19(15)22(12)16-6-5-14(11-18(16)23-17)13-7-9-20-10-8-13/h2-18H,1H3;2-12H,1H3;2-11H,1H3. The molecule has 5 aromatic heterocycles. The summed E-state index contributed by atoms with van der Waals surface area (Å²) in [7, 11) is 0. The first-order valence-corrected chi connectivity index (χ1v) is 27.3. The summed E-state index contributed by atoms with van der Waals surface area (Å²) in [5.74, 6) is 8.04. The highest BCUT2D eigenvalue weighted by Gasteiger charge is 2.26. The Morgan fingerprint density at radius 3 is 1.05 bits per heavy atom. The number of hydrogen-bond donors (Lipinski definition) is 0. The Bertz CT molecular complexity index is 4540. The Morgan fingerprint density at radius 1 is 0.300 bits per heavy atom. The van der Waals surface area contributed by atoms with Crippen molar-refractivity contribution in [2.24, 2.45) is 0 Å². The van der Waals surface area contributed by atoms with E-state index in [0.29, 0.717) is 0 Å². The quantitative estimate of drug-likeness (QED) is 0.169. The predicted molar refractivity (Wildman–Crippen MR) is 320 cm³/mol. The maximum Gasteiger partial charge on any atom is 0.153 e. The normalized spacial score (nSPS) is 12.0. The number of fused-ring (bicyclic) bond motifs is 6. The van der Waals surface area contributed by atoms with Crippen molar-refractivity contribution in [1.29, 1.82) is 0 Å². The van der Waals surface area contributed by atoms with Gasteiger partial charge in [-0.25, -0.2) is 15.0 Å². The number of aromatic nitrogens is 7. The monoisotopic (exact) mass is 1050 g/mol. The maximum absolute atomic E-state index is 6.30. The summed E-state index contributed by atoms with van der Waals surface area (Å²) in [6.07, 6.45) is 3.60. The van der Waals surface area contributed by atoms with Crippen LogP contribution in [0.25, 0.3) is 104 Å². The number of imidazole rings is 3. The van der Waals surface area contributed by atoms with Crippen LogP contribution in [0, 0.1) is 20.8 Å². The zero-order chi connectivity index (χ0) is 53.4. The number of para-hydroxylation sites is 3. The number of hydrogen-bond acceptors (Lipinski definition) is 8. The smallest absolute Gasteiger partial charge is 0.153 e. The van der Waals surface area contributed by atoms with Gasteiger partial charge in [0.05, 0.1) is 33.6 Å². The van der Waals surface area contributed by atoms with Gasteiger partial charge in [0.1, 0.15) is 34.0 Å². The van der Waals surface area contributed by atoms with Crippen molar-refractivity contribution in [2.45, 2.75) is 20.8 Å². The van der Waals surface area contributed by atoms with Gasteiger partial charge in [-0.3, -0.25) is 18.7 Å². The second kappa shape index (κ2) is 19.0. The minimum absolute atomic E-state index is 0.848. The topological polar surface area (TPSA) is 94.0 Å². The molecule has 0 spiro atoms. The molecular formula is C69H47N7O3S. The van der Waals surface area contributed by atoms with Crippen LogP contribution < -0.4 is 14.2 Å². The summed E-state index contributed by atoms with van der Waals surface area (Å²) in [6.45, 7) is 6.10. The third-order valence-electron chi connectivity index (χ3n) is 15.0. The van der Waals surface area contributed by atoms with Gasteiger partial charge in [-0.2, -0.15) is 0 Å². The van der Waals surface area contributed by atoms with Crippen molar-refractivity contribution < 1.29 is 14.2 Å². The van der Waals surface area contributed by atoms with E-state index >= 15 is 0 Å². The second-order valence-electron chi connectivity index (χ2n) is 19.9. The summed E-state index contributed by atoms with van der Waals surface area (Å²) in [6, 6.07) is 75.2. The van der Waals surface area contributed by atoms with E-state index < -0.39 is 0 Å². The molecule has 14 aromatic rings. The average molecular weight is 1050 g/mol. The maximum atomic E-state index is 6.30. The number of rotatable bonds is 5. The van der Waals surface area contributed by atoms with Gasteiger partial charge in [-0.15, -0.1) is 11.3 Å². The number of thiophene rings is 1. The van der Waals surface area contributed by atoms with E-state index in [1.54, 1.807) is 12.4 Å². The van der Waals surface area contributed by atoms with E-state index in [1.165, 1.54) is 32.0 Å². The van der Waals surface area contributed by atoms with Crippen LogP contribution in [0.4, 0.5) is 0 Å². The fraction of sp³-hybridized carbons (Fsp3) is 0.0435. The first-order chi connectivity index (χ1) is 39.4. The number of nitrogens with zero attached hydrogens (tertiary/aromatic N) is 7. The molecule has 8 heterocycles. The Labute approximate surface area is 464 Å². The van der Waals surface area contributed by atoms with Gasteiger partial charge in [0, 0.05) is 22.1 Å². The molecule has 80 heavy (non-hydrogen) atoms. The van der Waals surface area contributed by atoms with Gasteiger partial charge in [0.15, 0.2) is 34.5 Å². The molecule has 0 fully saturated rings. The Morgan fingerprint density at radius 2 is 0.637 bits per heavy atom. The zero-order valence-corrected chi connectivity index (χ0v) is 44.5. The Kier molecular flexibility index (Phi) is 11.1. The van der Waals surface area contributed by atoms with Gasteiger partial charge in [0.2, 0.25) is 0 Å². The van der Waals surface area contributed by atoms with Crippen molar-refractivity contribution in [1.82, 2.24) is 33.6 Å². The molecular weight excluding hydrogens is 1010 g/mol. The highest BCUT2D eigenvalue weighted by Crippen LogP contribution is 2.46. The summed E-state index contributed by atoms with van der Waals surface area (Å²) in [5, 5.41) is 0. The van der Waals surface area contributed by atoms with Crippen LogP contribution in [0.1, 0.15) is 17.5 Å². The van der Waals surface area contributed by atoms with Crippen LogP contribution >= 0.6 is 11.3 Å². The Hall–Kier alpha value is -10.4. The molecule has 3 aliphatic heterocycles. The number of ether oxygens (including phenoxy) is 3. The molecule has 11 heteroatoms. The number of pyridine rings is 1. The van der Waals surface area contributed by atoms with Gasteiger partial charge in [-0.1, -0.05) is 121 Å². The van der Waals surface area contributed by atoms with E-state index in [9.17, 15) is 0 Å². The summed E-state index contributed by atoms with van der Waals surface area (Å²) >= 11 is 1.82. The lowest BCUT2D eigenvalue weighted by atomic mass is 10.0. The fourth-order valence-electron chi connectivity index (χ4n) is 11.3. The van der Waals surface area contributed by atoms with Crippen molar-refractivity contribution >= 4 is 44.4 Å². The molecule has 3 aliphatic rings. The average Bonchev–Trinajstić information content (AvgIpc) is 4.49. The van der Waals surface area contributed by atoms with Gasteiger partial charge in [0.25, 0.3) is 0 Å². The van der Waals surface area contributed by atoms with Gasteiger partial charge in [-0.05, 0) is 162 Å². The van der Waals surface area contributed by atoms with E-state index in [0.717, 1.165) is 124 Å². The number of aryl methyl sites for hydroxylation is 3. The number of benzene rings is 9. The van der Waals surface area contributed by atoms with Crippen molar-refractivity contribution in [3.63, 3.8) is 0 Å². The van der Waals surface area contributed by atoms with Crippen LogP contribution in [-0.4, -0.2) is 33.6 Å². The third kappa shape index (κ3) is 8.01. The summed E-state index contributed by atoms with van der Waals surface area (Å²) < 4.78 is 25.2. The SMILES string of the molecule is Cc1nc2cccc3c2n1-c1ccc(-c2ccc(-c4ccc(-c5ccccc5)s4)cc2)cc1O3.Cc1nc2cccc3c2n1-c1ccc(-c2ccccc2)cc1O3.Cc1nc2cccc3c2n1-c1ccc(-c2ccncc2)cc1O3. The molecule has 0 bridgehead atoms. The van der Waals surface area contributed by atoms with Gasteiger partial charge >= 0.3 is 0 Å². The molecule has 10 nitrogen and oxygen atoms in total. The minimum atomic E-state index is 0.848. The third-order valence-corrected chi connectivity index (χ3v) is 16.2. The van der Waals surface area contributed by atoms with Crippen molar-refractivity contribution in [3.8, 4) is 106 Å². The molecule has 0 N–H and O–H groups in total. The Balaban J connectivity index is 0.000000107. The van der Waals surface area contributed by atoms with E-state index in [1.807, 2.05) is 105 Å². The lowest BCUT2D eigenvalue weighted by Gasteiger charge is -2.21. The van der Waals surface area contributed by atoms with Crippen LogP contribution in [0.2, 0.25) is 0 Å². The molecule has 0 saturated carbocycles. The molecule has 9 aromatic carbocycles. The first kappa shape index (κ1) is 46.9. The largest absolute Gasteiger partial charge is 0.453 e. The van der Waals surface area contributed by atoms with Crippen LogP contribution in [0.3, 0.4) is 0 Å². The predicted octanol–water partition coefficient (Wildman–Crippen LogP) is 18.1. The minimum Gasteiger partial charge on any atom is -0.453 e. The van der Waals surface area contributed by atoms with E-state index in [-0.39, 0.29) is 0 Å². The van der Waals surface area contributed by atoms with Crippen LogP contribution in [0.5, 0.6) is 34.5 Å². The lowest BCUT2D eigenvalue weighted by Crippen LogP contribution is -2.05. The molecule has 0 amide bonds. The zero-order valence-electron chi connectivity index (χ0n) is 43.7. The fourth-order valence-corrected chi connectivity index (χ4v) is 12.3. The molecule has 0 aliphatic carbocycles. The van der Waals surface area contributed by atoms with Crippen molar-refractivity contribution in [2.75, 3.05) is 0 Å². The van der Waals surface area contributed by atoms with Crippen LogP contribution in [-0.2, 0) is 0 Å². The highest BCUT2D eigenvalue weighted by atomic mass is 32.1. The molecule has 382 valence electrons. The van der Waals surface area contributed by atoms with Crippen LogP contribution in [0.15, 0.2) is 231 Å². The molecule has 0 saturated heterocycles. The lowest BCUT2D eigenvalue weighted by molar-refractivity contribution is 0.475.